The van der Waals surface area contributed by atoms with Gasteiger partial charge in [0.25, 0.3) is 0 Å². The van der Waals surface area contributed by atoms with Crippen LogP contribution in [0.5, 0.6) is 0 Å². The zero-order chi connectivity index (χ0) is 26.6. The summed E-state index contributed by atoms with van der Waals surface area (Å²) in [6.45, 7) is 0. The van der Waals surface area contributed by atoms with Crippen molar-refractivity contribution in [3.8, 4) is 12.1 Å². The standard InChI is InChI=1S/C10H14F3NS.C10H12F3NS.2O2/c2*11-10(12,13)5-6-15-9(7-14)8-3-1-2-4-8;2*1-2/h8-9H,1-6H2;1-6H2;;. The molecule has 0 aromatic carbocycles. The Morgan fingerprint density at radius 1 is 0.853 bits per heavy atom. The molecule has 2 fully saturated rings. The average Bonchev–Trinajstić information content (AvgIpc) is 3.51. The van der Waals surface area contributed by atoms with E-state index in [9.17, 15) is 26.3 Å². The van der Waals surface area contributed by atoms with E-state index in [-0.39, 0.29) is 16.8 Å². The van der Waals surface area contributed by atoms with E-state index >= 15 is 0 Å². The molecule has 1 unspecified atom stereocenters. The fraction of sp³-hybridized carbons (Fsp3) is 0.800. The van der Waals surface area contributed by atoms with E-state index in [0.29, 0.717) is 10.8 Å². The minimum atomic E-state index is -4.12. The number of hydrogen-bond donors (Lipinski definition) is 0. The van der Waals surface area contributed by atoms with Crippen molar-refractivity contribution in [3.63, 3.8) is 0 Å². The second kappa shape index (κ2) is 19.5. The highest BCUT2D eigenvalue weighted by Crippen LogP contribution is 2.35. The number of rotatable bonds is 7. The Hall–Kier alpha value is -1.80. The maximum Gasteiger partial charge on any atom is 0.389 e. The summed E-state index contributed by atoms with van der Waals surface area (Å²) in [5.41, 5.74) is 1.05. The van der Waals surface area contributed by atoms with Gasteiger partial charge in [0.2, 0.25) is 0 Å². The molecule has 0 N–H and O–H groups in total. The van der Waals surface area contributed by atoms with Gasteiger partial charge in [0.15, 0.2) is 0 Å². The van der Waals surface area contributed by atoms with E-state index in [0.717, 1.165) is 80.5 Å². The summed E-state index contributed by atoms with van der Waals surface area (Å²) in [6, 6.07) is 4.13. The third kappa shape index (κ3) is 17.6. The van der Waals surface area contributed by atoms with Crippen molar-refractivity contribution >= 4 is 23.5 Å². The molecule has 6 nitrogen and oxygen atoms in total. The number of nitriles is 2. The van der Waals surface area contributed by atoms with Crippen LogP contribution >= 0.6 is 23.5 Å². The van der Waals surface area contributed by atoms with Crippen LogP contribution in [0.3, 0.4) is 0 Å². The number of hydrogen-bond acceptors (Lipinski definition) is 8. The van der Waals surface area contributed by atoms with E-state index < -0.39 is 25.2 Å². The van der Waals surface area contributed by atoms with Gasteiger partial charge in [0.05, 0.1) is 29.1 Å². The lowest BCUT2D eigenvalue weighted by Gasteiger charge is -2.15. The number of thioether (sulfide) groups is 2. The molecule has 2 saturated carbocycles. The van der Waals surface area contributed by atoms with Crippen LogP contribution < -0.4 is 0 Å². The van der Waals surface area contributed by atoms with E-state index in [1.807, 2.05) is 6.07 Å². The van der Waals surface area contributed by atoms with Crippen molar-refractivity contribution in [2.24, 2.45) is 5.92 Å². The predicted molar refractivity (Wildman–Crippen MR) is 122 cm³/mol. The Morgan fingerprint density at radius 3 is 1.74 bits per heavy atom. The Morgan fingerprint density at radius 2 is 1.32 bits per heavy atom. The third-order valence-corrected chi connectivity index (χ3v) is 7.27. The SMILES string of the molecule is N#CC(SCCC(F)(F)F)=C1CCCC1.N#CC(SCCC(F)(F)F)C1CCCC1.O=O.O=O. The number of alkyl halides is 6. The molecular formula is C20H26F6N2O4S2. The van der Waals surface area contributed by atoms with Gasteiger partial charge in [-0.1, -0.05) is 12.8 Å². The van der Waals surface area contributed by atoms with Gasteiger partial charge in [-0.3, -0.25) is 0 Å². The van der Waals surface area contributed by atoms with Crippen LogP contribution in [0.4, 0.5) is 26.3 Å². The quantitative estimate of drug-likeness (QED) is 0.238. The summed E-state index contributed by atoms with van der Waals surface area (Å²) in [5.74, 6) is 0.280. The Balaban J connectivity index is 0. The molecule has 1 atom stereocenters. The van der Waals surface area contributed by atoms with E-state index in [1.54, 1.807) is 0 Å². The zero-order valence-electron chi connectivity index (χ0n) is 18.3. The Bertz CT molecular complexity index is 662. The second-order valence-corrected chi connectivity index (χ2v) is 9.65. The molecule has 0 aromatic rings. The number of nitrogens with zero attached hydrogens (tertiary/aromatic N) is 2. The molecule has 2 rings (SSSR count). The normalized spacial score (nSPS) is 16.4. The van der Waals surface area contributed by atoms with Gasteiger partial charge in [-0.2, -0.15) is 36.9 Å². The fourth-order valence-electron chi connectivity index (χ4n) is 3.35. The summed E-state index contributed by atoms with van der Waals surface area (Å²) >= 11 is 2.21. The molecule has 0 aromatic heterocycles. The smallest absolute Gasteiger partial charge is 0.197 e. The van der Waals surface area contributed by atoms with Gasteiger partial charge >= 0.3 is 12.4 Å². The van der Waals surface area contributed by atoms with Crippen LogP contribution in [-0.2, 0) is 0 Å². The van der Waals surface area contributed by atoms with Gasteiger partial charge in [0.1, 0.15) is 6.07 Å². The maximum atomic E-state index is 11.9. The second-order valence-electron chi connectivity index (χ2n) is 7.30. The maximum absolute atomic E-state index is 11.9. The first-order valence-corrected chi connectivity index (χ1v) is 12.3. The van der Waals surface area contributed by atoms with Crippen molar-refractivity contribution in [1.82, 2.24) is 0 Å². The molecule has 194 valence electrons. The molecule has 0 saturated heterocycles. The molecule has 0 aliphatic heterocycles. The molecule has 0 heterocycles. The van der Waals surface area contributed by atoms with Crippen LogP contribution in [0.1, 0.15) is 64.2 Å². The van der Waals surface area contributed by atoms with E-state index in [2.05, 4.69) is 6.07 Å². The highest BCUT2D eigenvalue weighted by atomic mass is 32.2. The van der Waals surface area contributed by atoms with Gasteiger partial charge < -0.3 is 0 Å². The lowest BCUT2D eigenvalue weighted by molar-refractivity contribution is -0.130. The molecule has 2 aliphatic rings. The molecule has 34 heavy (non-hydrogen) atoms. The molecule has 0 amide bonds. The lowest BCUT2D eigenvalue weighted by Crippen LogP contribution is -2.15. The largest absolute Gasteiger partial charge is 0.389 e. The topological polar surface area (TPSA) is 116 Å². The van der Waals surface area contributed by atoms with Crippen molar-refractivity contribution in [1.29, 1.82) is 10.5 Å². The molecular weight excluding hydrogens is 510 g/mol. The fourth-order valence-corrected chi connectivity index (χ4v) is 5.58. The predicted octanol–water partition coefficient (Wildman–Crippen LogP) is 7.91. The number of halogens is 6. The van der Waals surface area contributed by atoms with E-state index in [4.69, 9.17) is 30.4 Å². The zero-order valence-corrected chi connectivity index (χ0v) is 19.9. The summed E-state index contributed by atoms with van der Waals surface area (Å²) in [6.07, 6.45) is -1.74. The summed E-state index contributed by atoms with van der Waals surface area (Å²) in [5, 5.41) is 17.4. The third-order valence-electron chi connectivity index (χ3n) is 4.90. The molecule has 0 bridgehead atoms. The number of allylic oxidation sites excluding steroid dienone is 2. The molecule has 14 heteroatoms. The van der Waals surface area contributed by atoms with Crippen molar-refractivity contribution in [3.05, 3.63) is 30.3 Å². The monoisotopic (exact) mass is 536 g/mol. The lowest BCUT2D eigenvalue weighted by atomic mass is 10.1. The van der Waals surface area contributed by atoms with Crippen LogP contribution in [0.2, 0.25) is 0 Å². The van der Waals surface area contributed by atoms with Crippen LogP contribution in [0.15, 0.2) is 10.5 Å². The van der Waals surface area contributed by atoms with Crippen molar-refractivity contribution < 1.29 is 26.3 Å². The Labute approximate surface area is 202 Å². The first kappa shape index (κ1) is 34.4. The van der Waals surface area contributed by atoms with Crippen LogP contribution in [0.25, 0.3) is 0 Å². The molecule has 2 aliphatic carbocycles. The van der Waals surface area contributed by atoms with E-state index in [1.165, 1.54) is 0 Å². The Kier molecular flexibility index (Phi) is 19.7. The van der Waals surface area contributed by atoms with Gasteiger partial charge in [0, 0.05) is 31.4 Å². The first-order valence-electron chi connectivity index (χ1n) is 10.3. The average molecular weight is 537 g/mol. The highest BCUT2D eigenvalue weighted by molar-refractivity contribution is 8.03. The summed E-state index contributed by atoms with van der Waals surface area (Å²) in [7, 11) is 0. The molecule has 0 radical (unpaired) electrons. The van der Waals surface area contributed by atoms with Crippen LogP contribution in [0, 0.1) is 48.4 Å². The minimum absolute atomic E-state index is 0.0121. The van der Waals surface area contributed by atoms with Gasteiger partial charge in [-0.25, -0.2) is 0 Å². The minimum Gasteiger partial charge on any atom is -0.197 e. The van der Waals surface area contributed by atoms with Crippen LogP contribution in [-0.4, -0.2) is 29.1 Å². The molecule has 0 spiro atoms. The van der Waals surface area contributed by atoms with Gasteiger partial charge in [-0.15, -0.1) is 23.5 Å². The van der Waals surface area contributed by atoms with Crippen molar-refractivity contribution in [2.45, 2.75) is 81.8 Å². The highest BCUT2D eigenvalue weighted by Gasteiger charge is 2.30. The summed E-state index contributed by atoms with van der Waals surface area (Å²) < 4.78 is 71.3. The summed E-state index contributed by atoms with van der Waals surface area (Å²) in [4.78, 5) is 28.5. The van der Waals surface area contributed by atoms with Gasteiger partial charge in [-0.05, 0) is 50.0 Å². The first-order chi connectivity index (χ1) is 16.1. The van der Waals surface area contributed by atoms with Crippen molar-refractivity contribution in [2.75, 3.05) is 11.5 Å².